The topological polar surface area (TPSA) is 75.1 Å². The molecule has 0 bridgehead atoms. The summed E-state index contributed by atoms with van der Waals surface area (Å²) in [5.74, 6) is -0.677. The van der Waals surface area contributed by atoms with E-state index in [-0.39, 0.29) is 12.2 Å². The van der Waals surface area contributed by atoms with Gasteiger partial charge in [-0.15, -0.1) is 0 Å². The van der Waals surface area contributed by atoms with Crippen molar-refractivity contribution < 1.29 is 13.9 Å². The Kier molecular flexibility index (Phi) is 4.80. The molecule has 0 fully saturated rings. The highest BCUT2D eigenvalue weighted by molar-refractivity contribution is 6.08. The van der Waals surface area contributed by atoms with Crippen molar-refractivity contribution in [1.29, 1.82) is 5.41 Å². The fraction of sp³-hybridized carbons (Fsp3) is 0.182. The second-order valence-electron chi connectivity index (χ2n) is 2.97. The van der Waals surface area contributed by atoms with Crippen molar-refractivity contribution in [2.24, 2.45) is 0 Å². The van der Waals surface area contributed by atoms with Gasteiger partial charge in [0, 0.05) is 12.4 Å². The molecule has 0 aromatic carbocycles. The summed E-state index contributed by atoms with van der Waals surface area (Å²) in [6, 6.07) is 2.65. The third-order valence-corrected chi connectivity index (χ3v) is 1.77. The molecular weight excluding hydrogens is 225 g/mol. The number of rotatable bonds is 5. The number of pyridine rings is 1. The lowest BCUT2D eigenvalue weighted by molar-refractivity contribution is -0.137. The van der Waals surface area contributed by atoms with Crippen LogP contribution in [0.1, 0.15) is 6.92 Å². The molecule has 0 aliphatic carbocycles. The quantitative estimate of drug-likeness (QED) is 0.464. The smallest absolute Gasteiger partial charge is 0.341 e. The summed E-state index contributed by atoms with van der Waals surface area (Å²) in [4.78, 5) is 15.0. The Balaban J connectivity index is 2.70. The average molecular weight is 237 g/mol. The molecule has 1 aromatic heterocycles. The first-order valence-electron chi connectivity index (χ1n) is 4.93. The Morgan fingerprint density at radius 1 is 1.65 bits per heavy atom. The van der Waals surface area contributed by atoms with Gasteiger partial charge in [-0.05, 0) is 19.1 Å². The molecule has 0 spiro atoms. The van der Waals surface area contributed by atoms with Crippen LogP contribution in [0.25, 0.3) is 0 Å². The highest BCUT2D eigenvalue weighted by Gasteiger charge is 2.06. The predicted octanol–water partition coefficient (Wildman–Crippen LogP) is 1.73. The number of nitrogens with zero attached hydrogens (tertiary/aromatic N) is 1. The second kappa shape index (κ2) is 6.37. The Hall–Kier alpha value is -2.24. The Labute approximate surface area is 97.8 Å². The summed E-state index contributed by atoms with van der Waals surface area (Å²) in [5, 5.41) is 9.72. The van der Waals surface area contributed by atoms with Crippen LogP contribution >= 0.6 is 0 Å². The number of carbonyl (C=O) groups is 1. The molecule has 0 radical (unpaired) electrons. The van der Waals surface area contributed by atoms with Gasteiger partial charge in [0.1, 0.15) is 11.6 Å². The van der Waals surface area contributed by atoms with Gasteiger partial charge in [-0.3, -0.25) is 0 Å². The first-order chi connectivity index (χ1) is 8.17. The average Bonchev–Trinajstić information content (AvgIpc) is 2.32. The zero-order valence-corrected chi connectivity index (χ0v) is 9.24. The fourth-order valence-corrected chi connectivity index (χ4v) is 0.987. The minimum atomic E-state index is -0.600. The molecule has 0 saturated heterocycles. The van der Waals surface area contributed by atoms with Gasteiger partial charge in [-0.1, -0.05) is 0 Å². The third-order valence-electron chi connectivity index (χ3n) is 1.77. The van der Waals surface area contributed by atoms with Gasteiger partial charge < -0.3 is 15.5 Å². The van der Waals surface area contributed by atoms with Crippen molar-refractivity contribution in [3.05, 3.63) is 35.9 Å². The maximum absolute atomic E-state index is 12.6. The number of nitrogens with one attached hydrogen (secondary N) is 2. The molecule has 0 saturated carbocycles. The van der Waals surface area contributed by atoms with Crippen LogP contribution in [0.5, 0.6) is 0 Å². The Bertz CT molecular complexity index is 429. The van der Waals surface area contributed by atoms with Gasteiger partial charge in [0.2, 0.25) is 0 Å². The third kappa shape index (κ3) is 4.02. The zero-order chi connectivity index (χ0) is 12.7. The number of anilines is 1. The van der Waals surface area contributed by atoms with Crippen LogP contribution in [0.15, 0.2) is 30.1 Å². The van der Waals surface area contributed by atoms with Crippen molar-refractivity contribution in [1.82, 2.24) is 4.98 Å². The van der Waals surface area contributed by atoms with E-state index < -0.39 is 11.8 Å². The molecule has 1 heterocycles. The van der Waals surface area contributed by atoms with Gasteiger partial charge in [0.05, 0.1) is 18.4 Å². The lowest BCUT2D eigenvalue weighted by Gasteiger charge is -2.03. The van der Waals surface area contributed by atoms with Crippen LogP contribution in [0.4, 0.5) is 10.2 Å². The highest BCUT2D eigenvalue weighted by atomic mass is 19.1. The van der Waals surface area contributed by atoms with Crippen molar-refractivity contribution in [2.45, 2.75) is 6.92 Å². The molecule has 0 amide bonds. The van der Waals surface area contributed by atoms with Gasteiger partial charge in [-0.2, -0.15) is 0 Å². The summed E-state index contributed by atoms with van der Waals surface area (Å²) in [7, 11) is 0. The number of halogens is 1. The minimum Gasteiger partial charge on any atom is -0.462 e. The van der Waals surface area contributed by atoms with Crippen molar-refractivity contribution >= 4 is 18.0 Å². The van der Waals surface area contributed by atoms with Crippen LogP contribution in [0.3, 0.4) is 0 Å². The molecule has 0 aliphatic heterocycles. The molecule has 6 heteroatoms. The number of hydrogen-bond donors (Lipinski definition) is 2. The van der Waals surface area contributed by atoms with Crippen LogP contribution in [0, 0.1) is 11.2 Å². The standard InChI is InChI=1S/C11H12FN3O2/c1-2-17-11(16)8(5-13)6-14-10-4-3-9(12)7-15-10/h3-7,13H,2H2,1H3,(H,14,15)/b8-6+,13-5?. The maximum Gasteiger partial charge on any atom is 0.341 e. The summed E-state index contributed by atoms with van der Waals surface area (Å²) in [5.41, 5.74) is 0.0537. The fourth-order valence-electron chi connectivity index (χ4n) is 0.987. The SMILES string of the molecule is CCOC(=O)/C(C=N)=C/Nc1ccc(F)cn1. The van der Waals surface area contributed by atoms with E-state index in [1.165, 1.54) is 18.3 Å². The molecule has 0 unspecified atom stereocenters. The van der Waals surface area contributed by atoms with Crippen LogP contribution in [0.2, 0.25) is 0 Å². The van der Waals surface area contributed by atoms with Gasteiger partial charge >= 0.3 is 5.97 Å². The summed E-state index contributed by atoms with van der Waals surface area (Å²) in [6.45, 7) is 1.91. The summed E-state index contributed by atoms with van der Waals surface area (Å²) >= 11 is 0. The molecule has 90 valence electrons. The van der Waals surface area contributed by atoms with Crippen LogP contribution < -0.4 is 5.32 Å². The monoisotopic (exact) mass is 237 g/mol. The van der Waals surface area contributed by atoms with Gasteiger partial charge in [0.25, 0.3) is 0 Å². The lowest BCUT2D eigenvalue weighted by atomic mass is 10.3. The lowest BCUT2D eigenvalue weighted by Crippen LogP contribution is -2.10. The molecule has 17 heavy (non-hydrogen) atoms. The first kappa shape index (κ1) is 12.8. The first-order valence-corrected chi connectivity index (χ1v) is 4.93. The molecule has 0 atom stereocenters. The van der Waals surface area contributed by atoms with E-state index >= 15 is 0 Å². The summed E-state index contributed by atoms with van der Waals surface area (Å²) < 4.78 is 17.3. The molecule has 1 rings (SSSR count). The van der Waals surface area contributed by atoms with E-state index in [4.69, 9.17) is 10.1 Å². The Morgan fingerprint density at radius 2 is 2.41 bits per heavy atom. The number of ether oxygens (including phenoxy) is 1. The van der Waals surface area contributed by atoms with Crippen LogP contribution in [-0.4, -0.2) is 23.8 Å². The number of carbonyl (C=O) groups excluding carboxylic acids is 1. The second-order valence-corrected chi connectivity index (χ2v) is 2.97. The van der Waals surface area contributed by atoms with E-state index in [1.54, 1.807) is 6.92 Å². The molecule has 0 aliphatic rings. The number of hydrogen-bond acceptors (Lipinski definition) is 5. The van der Waals surface area contributed by atoms with E-state index in [0.717, 1.165) is 12.4 Å². The maximum atomic E-state index is 12.6. The predicted molar refractivity (Wildman–Crippen MR) is 61.3 cm³/mol. The van der Waals surface area contributed by atoms with E-state index in [2.05, 4.69) is 10.3 Å². The van der Waals surface area contributed by atoms with Crippen LogP contribution in [-0.2, 0) is 9.53 Å². The highest BCUT2D eigenvalue weighted by Crippen LogP contribution is 2.04. The Morgan fingerprint density at radius 3 is 2.94 bits per heavy atom. The molecule has 2 N–H and O–H groups in total. The molecular formula is C11H12FN3O2. The van der Waals surface area contributed by atoms with Gasteiger partial charge in [0.15, 0.2) is 0 Å². The van der Waals surface area contributed by atoms with Crippen molar-refractivity contribution in [3.8, 4) is 0 Å². The largest absolute Gasteiger partial charge is 0.462 e. The van der Waals surface area contributed by atoms with E-state index in [1.807, 2.05) is 0 Å². The molecule has 5 nitrogen and oxygen atoms in total. The van der Waals surface area contributed by atoms with Crippen molar-refractivity contribution in [2.75, 3.05) is 11.9 Å². The minimum absolute atomic E-state index is 0.0537. The van der Waals surface area contributed by atoms with Gasteiger partial charge in [-0.25, -0.2) is 14.2 Å². The van der Waals surface area contributed by atoms with E-state index in [0.29, 0.717) is 5.82 Å². The summed E-state index contributed by atoms with van der Waals surface area (Å²) in [6.07, 6.45) is 3.20. The zero-order valence-electron chi connectivity index (χ0n) is 9.24. The normalized spacial score (nSPS) is 10.8. The molecule has 1 aromatic rings. The number of esters is 1. The van der Waals surface area contributed by atoms with E-state index in [9.17, 15) is 9.18 Å². The van der Waals surface area contributed by atoms with Crippen molar-refractivity contribution in [3.63, 3.8) is 0 Å². The number of aromatic nitrogens is 1.